The number of thiazole rings is 1. The fourth-order valence-electron chi connectivity index (χ4n) is 2.69. The number of anilines is 1. The number of rotatable bonds is 5. The molecule has 2 aromatic rings. The van der Waals surface area contributed by atoms with Crippen molar-refractivity contribution in [3.05, 3.63) is 40.4 Å². The smallest absolute Gasteiger partial charge is 0.226 e. The van der Waals surface area contributed by atoms with Crippen molar-refractivity contribution in [2.24, 2.45) is 5.73 Å². The van der Waals surface area contributed by atoms with Crippen LogP contribution in [0.1, 0.15) is 29.0 Å². The standard InChI is InChI=1S/C17H21N3O2S.ClH/c1-22-13-6-2-11(3-7-13)4-9-16(21)20-17-19-14-8-5-12(18)10-15(14)23-17;/h2-3,6-7,12H,4-5,8-10,18H2,1H3,(H,19,20,21);1H/t12-;/m0./s1. The van der Waals surface area contributed by atoms with Gasteiger partial charge in [-0.1, -0.05) is 12.1 Å². The summed E-state index contributed by atoms with van der Waals surface area (Å²) in [6.07, 6.45) is 3.90. The molecule has 24 heavy (non-hydrogen) atoms. The summed E-state index contributed by atoms with van der Waals surface area (Å²) in [4.78, 5) is 17.8. The molecular weight excluding hydrogens is 346 g/mol. The number of nitrogens with two attached hydrogens (primary N) is 1. The van der Waals surface area contributed by atoms with Gasteiger partial charge in [-0.2, -0.15) is 0 Å². The van der Waals surface area contributed by atoms with Crippen LogP contribution in [0.15, 0.2) is 24.3 Å². The van der Waals surface area contributed by atoms with Gasteiger partial charge in [0, 0.05) is 17.3 Å². The van der Waals surface area contributed by atoms with Gasteiger partial charge in [0.1, 0.15) is 5.75 Å². The van der Waals surface area contributed by atoms with Crippen LogP contribution in [0.3, 0.4) is 0 Å². The maximum Gasteiger partial charge on any atom is 0.226 e. The van der Waals surface area contributed by atoms with Crippen molar-refractivity contribution >= 4 is 34.8 Å². The summed E-state index contributed by atoms with van der Waals surface area (Å²) in [5.41, 5.74) is 8.19. The molecule has 3 rings (SSSR count). The molecule has 1 aromatic heterocycles. The Morgan fingerprint density at radius 2 is 2.17 bits per heavy atom. The van der Waals surface area contributed by atoms with Crippen LogP contribution in [0.25, 0.3) is 0 Å². The summed E-state index contributed by atoms with van der Waals surface area (Å²) in [5.74, 6) is 0.820. The first-order valence-electron chi connectivity index (χ1n) is 7.81. The van der Waals surface area contributed by atoms with Crippen LogP contribution in [0.2, 0.25) is 0 Å². The molecule has 3 N–H and O–H groups in total. The molecule has 1 aliphatic carbocycles. The van der Waals surface area contributed by atoms with E-state index in [2.05, 4.69) is 10.3 Å². The Morgan fingerprint density at radius 3 is 2.88 bits per heavy atom. The number of nitrogens with one attached hydrogen (secondary N) is 1. The number of aromatic nitrogens is 1. The zero-order valence-electron chi connectivity index (χ0n) is 13.6. The van der Waals surface area contributed by atoms with Gasteiger partial charge in [-0.25, -0.2) is 4.98 Å². The molecule has 7 heteroatoms. The predicted molar refractivity (Wildman–Crippen MR) is 99.3 cm³/mol. The number of nitrogens with zero attached hydrogens (tertiary/aromatic N) is 1. The highest BCUT2D eigenvalue weighted by molar-refractivity contribution is 7.15. The van der Waals surface area contributed by atoms with Crippen LogP contribution in [-0.2, 0) is 24.1 Å². The molecule has 0 aliphatic heterocycles. The highest BCUT2D eigenvalue weighted by Gasteiger charge is 2.20. The van der Waals surface area contributed by atoms with Gasteiger partial charge < -0.3 is 15.8 Å². The molecule has 0 fully saturated rings. The van der Waals surface area contributed by atoms with Crippen molar-refractivity contribution in [2.45, 2.75) is 38.1 Å². The zero-order chi connectivity index (χ0) is 16.2. The number of carbonyl (C=O) groups excluding carboxylic acids is 1. The lowest BCUT2D eigenvalue weighted by Gasteiger charge is -2.15. The minimum absolute atomic E-state index is 0. The molecule has 1 amide bonds. The molecule has 1 aliphatic rings. The third kappa shape index (κ3) is 4.69. The van der Waals surface area contributed by atoms with Gasteiger partial charge in [-0.3, -0.25) is 4.79 Å². The number of ether oxygens (including phenoxy) is 1. The summed E-state index contributed by atoms with van der Waals surface area (Å²) in [7, 11) is 1.64. The number of benzene rings is 1. The Labute approximate surface area is 152 Å². The second-order valence-corrected chi connectivity index (χ2v) is 6.87. The summed E-state index contributed by atoms with van der Waals surface area (Å²) in [6.45, 7) is 0. The molecule has 0 radical (unpaired) electrons. The van der Waals surface area contributed by atoms with Crippen LogP contribution >= 0.6 is 23.7 Å². The molecule has 0 saturated heterocycles. The van der Waals surface area contributed by atoms with Crippen molar-refractivity contribution < 1.29 is 9.53 Å². The lowest BCUT2D eigenvalue weighted by Crippen LogP contribution is -2.27. The third-order valence-electron chi connectivity index (χ3n) is 4.02. The Morgan fingerprint density at radius 1 is 1.42 bits per heavy atom. The van der Waals surface area contributed by atoms with Crippen molar-refractivity contribution in [1.29, 1.82) is 0 Å². The van der Waals surface area contributed by atoms with Gasteiger partial charge in [0.15, 0.2) is 5.13 Å². The highest BCUT2D eigenvalue weighted by Crippen LogP contribution is 2.29. The molecule has 1 atom stereocenters. The van der Waals surface area contributed by atoms with Crippen LogP contribution in [0.5, 0.6) is 5.75 Å². The first-order chi connectivity index (χ1) is 11.1. The van der Waals surface area contributed by atoms with Gasteiger partial charge >= 0.3 is 0 Å². The molecule has 130 valence electrons. The minimum atomic E-state index is -0.00351. The van der Waals surface area contributed by atoms with Gasteiger partial charge in [0.2, 0.25) is 5.91 Å². The molecule has 1 heterocycles. The first kappa shape index (κ1) is 18.7. The summed E-state index contributed by atoms with van der Waals surface area (Å²) < 4.78 is 5.13. The topological polar surface area (TPSA) is 77.2 Å². The molecule has 0 bridgehead atoms. The highest BCUT2D eigenvalue weighted by atomic mass is 35.5. The summed E-state index contributed by atoms with van der Waals surface area (Å²) >= 11 is 1.55. The molecule has 0 spiro atoms. The van der Waals surface area contributed by atoms with E-state index in [9.17, 15) is 4.79 Å². The SMILES string of the molecule is COc1ccc(CCC(=O)Nc2nc3c(s2)C[C@@H](N)CC3)cc1.Cl. The molecule has 0 saturated carbocycles. The van der Waals surface area contributed by atoms with E-state index < -0.39 is 0 Å². The number of aryl methyl sites for hydroxylation is 2. The number of amides is 1. The number of fused-ring (bicyclic) bond motifs is 1. The predicted octanol–water partition coefficient (Wildman–Crippen LogP) is 2.96. The van der Waals surface area contributed by atoms with Gasteiger partial charge in [-0.05, 0) is 43.4 Å². The van der Waals surface area contributed by atoms with Gasteiger partial charge in [0.05, 0.1) is 12.8 Å². The maximum atomic E-state index is 12.1. The third-order valence-corrected chi connectivity index (χ3v) is 5.06. The average Bonchev–Trinajstić information content (AvgIpc) is 2.94. The molecule has 1 aromatic carbocycles. The normalized spacial score (nSPS) is 16.0. The van der Waals surface area contributed by atoms with Gasteiger partial charge in [0.25, 0.3) is 0 Å². The number of hydrogen-bond donors (Lipinski definition) is 2. The monoisotopic (exact) mass is 367 g/mol. The van der Waals surface area contributed by atoms with Crippen molar-refractivity contribution in [2.75, 3.05) is 12.4 Å². The quantitative estimate of drug-likeness (QED) is 0.851. The van der Waals surface area contributed by atoms with E-state index >= 15 is 0 Å². The number of hydrogen-bond acceptors (Lipinski definition) is 5. The lowest BCUT2D eigenvalue weighted by atomic mass is 9.99. The second-order valence-electron chi connectivity index (χ2n) is 5.79. The second kappa shape index (κ2) is 8.46. The Balaban J connectivity index is 0.00000208. The van der Waals surface area contributed by atoms with Crippen molar-refractivity contribution in [1.82, 2.24) is 4.98 Å². The fourth-order valence-corrected chi connectivity index (χ4v) is 3.80. The first-order valence-corrected chi connectivity index (χ1v) is 8.62. The van der Waals surface area contributed by atoms with Crippen LogP contribution in [0, 0.1) is 0 Å². The molecule has 0 unspecified atom stereocenters. The van der Waals surface area contributed by atoms with E-state index in [0.717, 1.165) is 36.3 Å². The largest absolute Gasteiger partial charge is 0.497 e. The average molecular weight is 368 g/mol. The van der Waals surface area contributed by atoms with Crippen molar-refractivity contribution in [3.8, 4) is 5.75 Å². The minimum Gasteiger partial charge on any atom is -0.497 e. The number of carbonyl (C=O) groups is 1. The van der Waals surface area contributed by atoms with Crippen LogP contribution in [-0.4, -0.2) is 24.0 Å². The number of methoxy groups -OCH3 is 1. The van der Waals surface area contributed by atoms with E-state index in [0.29, 0.717) is 18.0 Å². The summed E-state index contributed by atoms with van der Waals surface area (Å²) in [5, 5.41) is 3.61. The zero-order valence-corrected chi connectivity index (χ0v) is 15.2. The van der Waals surface area contributed by atoms with Crippen molar-refractivity contribution in [3.63, 3.8) is 0 Å². The lowest BCUT2D eigenvalue weighted by molar-refractivity contribution is -0.116. The van der Waals surface area contributed by atoms with E-state index in [1.54, 1.807) is 18.4 Å². The molecular formula is C17H22ClN3O2S. The van der Waals surface area contributed by atoms with E-state index in [4.69, 9.17) is 10.5 Å². The Hall–Kier alpha value is -1.63. The summed E-state index contributed by atoms with van der Waals surface area (Å²) in [6, 6.07) is 8.00. The van der Waals surface area contributed by atoms with Crippen LogP contribution in [0.4, 0.5) is 5.13 Å². The van der Waals surface area contributed by atoms with E-state index in [-0.39, 0.29) is 24.4 Å². The number of halogens is 1. The van der Waals surface area contributed by atoms with Gasteiger partial charge in [-0.15, -0.1) is 23.7 Å². The fraction of sp³-hybridized carbons (Fsp3) is 0.412. The maximum absolute atomic E-state index is 12.1. The van der Waals surface area contributed by atoms with E-state index in [1.165, 1.54) is 4.88 Å². The van der Waals surface area contributed by atoms with Crippen LogP contribution < -0.4 is 15.8 Å². The Bertz CT molecular complexity index is 688. The Kier molecular flexibility index (Phi) is 6.60. The molecule has 5 nitrogen and oxygen atoms in total. The van der Waals surface area contributed by atoms with E-state index in [1.807, 2.05) is 24.3 Å².